The Kier molecular flexibility index (Phi) is 3.16. The predicted octanol–water partition coefficient (Wildman–Crippen LogP) is 1.24. The zero-order valence-corrected chi connectivity index (χ0v) is 7.52. The Balaban J connectivity index is 2.82. The van der Waals surface area contributed by atoms with Gasteiger partial charge >= 0.3 is 5.97 Å². The third kappa shape index (κ3) is 2.51. The molecule has 1 atom stereocenters. The van der Waals surface area contributed by atoms with E-state index in [1.807, 2.05) is 0 Å². The Morgan fingerprint density at radius 3 is 2.71 bits per heavy atom. The van der Waals surface area contributed by atoms with Crippen LogP contribution in [-0.4, -0.2) is 27.1 Å². The molecule has 0 aromatic carbocycles. The van der Waals surface area contributed by atoms with Crippen molar-refractivity contribution in [2.45, 2.75) is 18.8 Å². The van der Waals surface area contributed by atoms with Crippen molar-refractivity contribution >= 4 is 5.97 Å². The number of carboxylic acid groups (broad SMARTS) is 1. The van der Waals surface area contributed by atoms with E-state index in [0.29, 0.717) is 0 Å². The fourth-order valence-corrected chi connectivity index (χ4v) is 1.14. The smallest absolute Gasteiger partial charge is 0.304 e. The van der Waals surface area contributed by atoms with Gasteiger partial charge in [-0.25, -0.2) is 13.8 Å². The molecule has 1 aromatic heterocycles. The zero-order valence-electron chi connectivity index (χ0n) is 7.52. The molecule has 1 heterocycles. The van der Waals surface area contributed by atoms with Gasteiger partial charge in [-0.05, 0) is 0 Å². The zero-order chi connectivity index (χ0) is 10.7. The van der Waals surface area contributed by atoms with Gasteiger partial charge in [0.15, 0.2) is 0 Å². The molecule has 1 rings (SSSR count). The van der Waals surface area contributed by atoms with Crippen molar-refractivity contribution in [3.05, 3.63) is 18.2 Å². The quantitative estimate of drug-likeness (QED) is 0.802. The molecule has 4 nitrogen and oxygen atoms in total. The predicted molar refractivity (Wildman–Crippen MR) is 44.2 cm³/mol. The van der Waals surface area contributed by atoms with E-state index in [4.69, 9.17) is 5.11 Å². The first-order chi connectivity index (χ1) is 6.50. The molecule has 0 radical (unpaired) electrons. The second-order valence-electron chi connectivity index (χ2n) is 3.00. The highest BCUT2D eigenvalue weighted by atomic mass is 19.3. The SMILES string of the molecule is Cn1cnc(C(CC(=O)O)C(F)F)c1. The van der Waals surface area contributed by atoms with Crippen LogP contribution in [0.1, 0.15) is 18.0 Å². The molecule has 0 saturated heterocycles. The molecule has 0 spiro atoms. The first-order valence-corrected chi connectivity index (χ1v) is 3.98. The fourth-order valence-electron chi connectivity index (χ4n) is 1.14. The minimum absolute atomic E-state index is 0.116. The largest absolute Gasteiger partial charge is 0.481 e. The van der Waals surface area contributed by atoms with Crippen LogP contribution < -0.4 is 0 Å². The summed E-state index contributed by atoms with van der Waals surface area (Å²) in [7, 11) is 1.64. The molecule has 1 aromatic rings. The van der Waals surface area contributed by atoms with Crippen molar-refractivity contribution in [1.82, 2.24) is 9.55 Å². The molecule has 0 bridgehead atoms. The first-order valence-electron chi connectivity index (χ1n) is 3.98. The standard InChI is InChI=1S/C8H10F2N2O2/c1-12-3-6(11-4-12)5(8(9)10)2-7(13)14/h3-5,8H,2H2,1H3,(H,13,14). The lowest BCUT2D eigenvalue weighted by Crippen LogP contribution is -2.14. The van der Waals surface area contributed by atoms with Crippen LogP contribution in [0.5, 0.6) is 0 Å². The molecule has 0 saturated carbocycles. The lowest BCUT2D eigenvalue weighted by atomic mass is 10.0. The minimum Gasteiger partial charge on any atom is -0.481 e. The number of rotatable bonds is 4. The number of carbonyl (C=O) groups is 1. The molecule has 0 aliphatic heterocycles. The summed E-state index contributed by atoms with van der Waals surface area (Å²) in [6.07, 6.45) is -0.540. The van der Waals surface area contributed by atoms with Crippen LogP contribution in [0.3, 0.4) is 0 Å². The van der Waals surface area contributed by atoms with Gasteiger partial charge in [0.25, 0.3) is 0 Å². The molecule has 1 N–H and O–H groups in total. The second kappa shape index (κ2) is 4.17. The van der Waals surface area contributed by atoms with E-state index in [9.17, 15) is 13.6 Å². The van der Waals surface area contributed by atoms with Gasteiger partial charge < -0.3 is 9.67 Å². The van der Waals surface area contributed by atoms with Gasteiger partial charge in [-0.15, -0.1) is 0 Å². The Morgan fingerprint density at radius 2 is 2.36 bits per heavy atom. The third-order valence-electron chi connectivity index (χ3n) is 1.80. The Bertz CT molecular complexity index is 325. The average molecular weight is 204 g/mol. The Labute approximate surface area is 79.2 Å². The molecular weight excluding hydrogens is 194 g/mol. The van der Waals surface area contributed by atoms with Gasteiger partial charge in [0, 0.05) is 13.2 Å². The first kappa shape index (κ1) is 10.6. The van der Waals surface area contributed by atoms with E-state index >= 15 is 0 Å². The van der Waals surface area contributed by atoms with Gasteiger partial charge in [-0.1, -0.05) is 0 Å². The van der Waals surface area contributed by atoms with Crippen LogP contribution in [0.2, 0.25) is 0 Å². The average Bonchev–Trinajstić information content (AvgIpc) is 2.46. The van der Waals surface area contributed by atoms with E-state index < -0.39 is 24.7 Å². The maximum absolute atomic E-state index is 12.4. The molecule has 78 valence electrons. The fraction of sp³-hybridized carbons (Fsp3) is 0.500. The van der Waals surface area contributed by atoms with Crippen molar-refractivity contribution in [1.29, 1.82) is 0 Å². The summed E-state index contributed by atoms with van der Waals surface area (Å²) in [6, 6.07) is 0. The monoisotopic (exact) mass is 204 g/mol. The number of carboxylic acids is 1. The van der Waals surface area contributed by atoms with Crippen molar-refractivity contribution < 1.29 is 18.7 Å². The topological polar surface area (TPSA) is 55.1 Å². The maximum Gasteiger partial charge on any atom is 0.304 e. The summed E-state index contributed by atoms with van der Waals surface area (Å²) in [4.78, 5) is 14.0. The molecule has 6 heteroatoms. The highest BCUT2D eigenvalue weighted by molar-refractivity contribution is 5.67. The number of halogens is 2. The van der Waals surface area contributed by atoms with E-state index in [2.05, 4.69) is 4.98 Å². The van der Waals surface area contributed by atoms with Gasteiger partial charge in [-0.3, -0.25) is 4.79 Å². The Morgan fingerprint density at radius 1 is 1.71 bits per heavy atom. The van der Waals surface area contributed by atoms with Crippen molar-refractivity contribution in [3.63, 3.8) is 0 Å². The number of hydrogen-bond donors (Lipinski definition) is 1. The number of alkyl halides is 2. The normalized spacial score (nSPS) is 13.1. The van der Waals surface area contributed by atoms with Gasteiger partial charge in [0.1, 0.15) is 0 Å². The van der Waals surface area contributed by atoms with Crippen molar-refractivity contribution in [2.75, 3.05) is 0 Å². The summed E-state index contributed by atoms with van der Waals surface area (Å²) in [5.41, 5.74) is 0.116. The van der Waals surface area contributed by atoms with Crippen LogP contribution in [0.15, 0.2) is 12.5 Å². The molecule has 1 unspecified atom stereocenters. The molecule has 0 amide bonds. The summed E-state index contributed by atoms with van der Waals surface area (Å²) >= 11 is 0. The van der Waals surface area contributed by atoms with Gasteiger partial charge in [-0.2, -0.15) is 0 Å². The lowest BCUT2D eigenvalue weighted by Gasteiger charge is -2.10. The van der Waals surface area contributed by atoms with E-state index in [-0.39, 0.29) is 5.69 Å². The summed E-state index contributed by atoms with van der Waals surface area (Å²) in [6.45, 7) is 0. The highest BCUT2D eigenvalue weighted by Crippen LogP contribution is 2.25. The number of imidazole rings is 1. The summed E-state index contributed by atoms with van der Waals surface area (Å²) in [5.74, 6) is -2.57. The van der Waals surface area contributed by atoms with Crippen LogP contribution in [0, 0.1) is 0 Å². The minimum atomic E-state index is -2.71. The van der Waals surface area contributed by atoms with E-state index in [1.165, 1.54) is 17.1 Å². The lowest BCUT2D eigenvalue weighted by molar-refractivity contribution is -0.138. The van der Waals surface area contributed by atoms with E-state index in [0.717, 1.165) is 0 Å². The Hall–Kier alpha value is -1.46. The number of hydrogen-bond acceptors (Lipinski definition) is 2. The van der Waals surface area contributed by atoms with E-state index in [1.54, 1.807) is 7.05 Å². The van der Waals surface area contributed by atoms with Crippen LogP contribution in [0.4, 0.5) is 8.78 Å². The molecule has 0 fully saturated rings. The third-order valence-corrected chi connectivity index (χ3v) is 1.80. The second-order valence-corrected chi connectivity index (χ2v) is 3.00. The number of aromatic nitrogens is 2. The van der Waals surface area contributed by atoms with Crippen LogP contribution in [0.25, 0.3) is 0 Å². The summed E-state index contributed by atoms with van der Waals surface area (Å²) in [5, 5.41) is 8.43. The molecule has 0 aliphatic carbocycles. The van der Waals surface area contributed by atoms with Crippen molar-refractivity contribution in [2.24, 2.45) is 7.05 Å². The molecule has 14 heavy (non-hydrogen) atoms. The van der Waals surface area contributed by atoms with Gasteiger partial charge in [0.2, 0.25) is 6.43 Å². The van der Waals surface area contributed by atoms with Crippen molar-refractivity contribution in [3.8, 4) is 0 Å². The molecular formula is C8H10F2N2O2. The summed E-state index contributed by atoms with van der Waals surface area (Å²) < 4.78 is 26.4. The van der Waals surface area contributed by atoms with Crippen LogP contribution >= 0.6 is 0 Å². The van der Waals surface area contributed by atoms with Gasteiger partial charge in [0.05, 0.1) is 24.4 Å². The number of aryl methyl sites for hydroxylation is 1. The number of nitrogens with zero attached hydrogens (tertiary/aromatic N) is 2. The maximum atomic E-state index is 12.4. The highest BCUT2D eigenvalue weighted by Gasteiger charge is 2.27. The van der Waals surface area contributed by atoms with Crippen LogP contribution in [-0.2, 0) is 11.8 Å². The number of aliphatic carboxylic acids is 1. The molecule has 0 aliphatic rings.